The van der Waals surface area contributed by atoms with E-state index >= 15 is 0 Å². The van der Waals surface area contributed by atoms with Gasteiger partial charge in [-0.1, -0.05) is 37.4 Å². The van der Waals surface area contributed by atoms with Crippen molar-refractivity contribution >= 4 is 17.7 Å². The van der Waals surface area contributed by atoms with Gasteiger partial charge in [-0.3, -0.25) is 9.69 Å². The number of carbonyl (C=O) groups is 1. The molecule has 2 aliphatic rings. The number of amides is 1. The second-order valence-corrected chi connectivity index (χ2v) is 8.00. The van der Waals surface area contributed by atoms with Gasteiger partial charge in [0, 0.05) is 25.7 Å². The Hall–Kier alpha value is -1.08. The molecule has 0 bridgehead atoms. The van der Waals surface area contributed by atoms with Crippen molar-refractivity contribution in [1.82, 2.24) is 25.0 Å². The molecule has 6 nitrogen and oxygen atoms in total. The molecule has 1 unspecified atom stereocenters. The third-order valence-electron chi connectivity index (χ3n) is 5.16. The van der Waals surface area contributed by atoms with Crippen LogP contribution in [0.3, 0.4) is 0 Å². The van der Waals surface area contributed by atoms with Crippen molar-refractivity contribution < 1.29 is 4.79 Å². The van der Waals surface area contributed by atoms with Crippen LogP contribution in [0.1, 0.15) is 51.4 Å². The molecule has 2 heterocycles. The highest BCUT2D eigenvalue weighted by atomic mass is 32.2. The number of thioether (sulfide) groups is 1. The van der Waals surface area contributed by atoms with E-state index in [2.05, 4.69) is 20.4 Å². The van der Waals surface area contributed by atoms with E-state index in [-0.39, 0.29) is 5.91 Å². The third kappa shape index (κ3) is 4.96. The monoisotopic (exact) mass is 351 g/mol. The van der Waals surface area contributed by atoms with Crippen LogP contribution in [0.2, 0.25) is 0 Å². The fourth-order valence-corrected chi connectivity index (χ4v) is 4.58. The number of hydrogen-bond acceptors (Lipinski definition) is 5. The lowest BCUT2D eigenvalue weighted by atomic mass is 10.00. The van der Waals surface area contributed by atoms with Gasteiger partial charge in [0.15, 0.2) is 5.16 Å². The molecule has 1 aliphatic carbocycles. The number of nitrogens with zero attached hydrogens (tertiary/aromatic N) is 4. The summed E-state index contributed by atoms with van der Waals surface area (Å²) in [6.07, 6.45) is 12.1. The van der Waals surface area contributed by atoms with Crippen molar-refractivity contribution in [3.05, 3.63) is 6.33 Å². The van der Waals surface area contributed by atoms with Crippen LogP contribution in [0.4, 0.5) is 0 Å². The Labute approximate surface area is 148 Å². The van der Waals surface area contributed by atoms with E-state index in [4.69, 9.17) is 0 Å². The third-order valence-corrected chi connectivity index (χ3v) is 6.20. The fraction of sp³-hybridized carbons (Fsp3) is 0.824. The minimum Gasteiger partial charge on any atom is -0.351 e. The second kappa shape index (κ2) is 8.85. The maximum atomic E-state index is 12.2. The largest absolute Gasteiger partial charge is 0.351 e. The first-order chi connectivity index (χ1) is 11.7. The van der Waals surface area contributed by atoms with Gasteiger partial charge in [0.2, 0.25) is 5.91 Å². The Kier molecular flexibility index (Phi) is 6.54. The molecular formula is C17H29N5OS. The summed E-state index contributed by atoms with van der Waals surface area (Å²) in [5, 5.41) is 11.9. The van der Waals surface area contributed by atoms with Crippen LogP contribution in [0.25, 0.3) is 0 Å². The van der Waals surface area contributed by atoms with Gasteiger partial charge in [0.05, 0.1) is 5.75 Å². The van der Waals surface area contributed by atoms with Crippen molar-refractivity contribution in [3.63, 3.8) is 0 Å². The number of rotatable bonds is 5. The summed E-state index contributed by atoms with van der Waals surface area (Å²) in [6, 6.07) is 1.04. The lowest BCUT2D eigenvalue weighted by Crippen LogP contribution is -2.51. The molecule has 134 valence electrons. The van der Waals surface area contributed by atoms with Crippen LogP contribution in [0, 0.1) is 0 Å². The predicted molar refractivity (Wildman–Crippen MR) is 96.0 cm³/mol. The molecular weight excluding hydrogens is 322 g/mol. The lowest BCUT2D eigenvalue weighted by Gasteiger charge is -2.38. The average molecular weight is 352 g/mol. The molecule has 3 rings (SSSR count). The summed E-state index contributed by atoms with van der Waals surface area (Å²) >= 11 is 1.45. The summed E-state index contributed by atoms with van der Waals surface area (Å²) in [5.74, 6) is 0.516. The standard InChI is InChI=1S/C17H29N5OS/c1-21-13-18-20-17(21)24-12-16(23)19-14-7-6-10-22(11-14)15-8-4-2-3-5-9-15/h13-15H,2-12H2,1H3,(H,19,23). The Morgan fingerprint density at radius 3 is 2.75 bits per heavy atom. The van der Waals surface area contributed by atoms with Gasteiger partial charge in [0.25, 0.3) is 0 Å². The van der Waals surface area contributed by atoms with Crippen molar-refractivity contribution in [2.45, 2.75) is 68.6 Å². The molecule has 7 heteroatoms. The van der Waals surface area contributed by atoms with Crippen LogP contribution in [0.15, 0.2) is 11.5 Å². The Morgan fingerprint density at radius 2 is 2.04 bits per heavy atom. The molecule has 0 radical (unpaired) electrons. The maximum Gasteiger partial charge on any atom is 0.230 e. The molecule has 1 aliphatic heterocycles. The minimum absolute atomic E-state index is 0.107. The normalized spacial score (nSPS) is 23.8. The maximum absolute atomic E-state index is 12.2. The van der Waals surface area contributed by atoms with Gasteiger partial charge in [-0.15, -0.1) is 10.2 Å². The topological polar surface area (TPSA) is 63.1 Å². The number of carbonyl (C=O) groups excluding carboxylic acids is 1. The molecule has 1 aromatic heterocycles. The van der Waals surface area contributed by atoms with E-state index in [1.165, 1.54) is 63.3 Å². The molecule has 2 fully saturated rings. The van der Waals surface area contributed by atoms with E-state index in [9.17, 15) is 4.79 Å². The molecule has 1 saturated heterocycles. The van der Waals surface area contributed by atoms with Crippen LogP contribution >= 0.6 is 11.8 Å². The summed E-state index contributed by atoms with van der Waals surface area (Å²) in [5.41, 5.74) is 0. The van der Waals surface area contributed by atoms with E-state index in [0.717, 1.165) is 24.2 Å². The van der Waals surface area contributed by atoms with Gasteiger partial charge < -0.3 is 9.88 Å². The zero-order valence-corrected chi connectivity index (χ0v) is 15.4. The summed E-state index contributed by atoms with van der Waals surface area (Å²) in [6.45, 7) is 2.22. The van der Waals surface area contributed by atoms with Crippen LogP contribution in [-0.2, 0) is 11.8 Å². The smallest absolute Gasteiger partial charge is 0.230 e. The highest BCUT2D eigenvalue weighted by Gasteiger charge is 2.27. The number of hydrogen-bond donors (Lipinski definition) is 1. The SMILES string of the molecule is Cn1cnnc1SCC(=O)NC1CCCN(C2CCCCCC2)C1. The lowest BCUT2D eigenvalue weighted by molar-refractivity contribution is -0.119. The minimum atomic E-state index is 0.107. The molecule has 1 amide bonds. The van der Waals surface area contributed by atoms with Crippen molar-refractivity contribution in [2.75, 3.05) is 18.8 Å². The molecule has 0 spiro atoms. The van der Waals surface area contributed by atoms with Crippen molar-refractivity contribution in [2.24, 2.45) is 7.05 Å². The molecule has 1 aromatic rings. The first-order valence-corrected chi connectivity index (χ1v) is 10.2. The number of aryl methyl sites for hydroxylation is 1. The van der Waals surface area contributed by atoms with Gasteiger partial charge in [-0.05, 0) is 32.2 Å². The summed E-state index contributed by atoms with van der Waals surface area (Å²) < 4.78 is 1.84. The van der Waals surface area contributed by atoms with Gasteiger partial charge >= 0.3 is 0 Å². The second-order valence-electron chi connectivity index (χ2n) is 7.06. The van der Waals surface area contributed by atoms with E-state index < -0.39 is 0 Å². The first-order valence-electron chi connectivity index (χ1n) is 9.22. The zero-order chi connectivity index (χ0) is 16.8. The number of piperidine rings is 1. The molecule has 1 N–H and O–H groups in total. The van der Waals surface area contributed by atoms with Crippen LogP contribution in [0.5, 0.6) is 0 Å². The van der Waals surface area contributed by atoms with Crippen LogP contribution in [-0.4, -0.2) is 56.5 Å². The fourth-order valence-electron chi connectivity index (χ4n) is 3.88. The van der Waals surface area contributed by atoms with Crippen LogP contribution < -0.4 is 5.32 Å². The average Bonchev–Trinajstić information content (AvgIpc) is 2.83. The first kappa shape index (κ1) is 17.7. The van der Waals surface area contributed by atoms with Crippen molar-refractivity contribution in [1.29, 1.82) is 0 Å². The molecule has 1 saturated carbocycles. The van der Waals surface area contributed by atoms with E-state index in [1.807, 2.05) is 11.6 Å². The van der Waals surface area contributed by atoms with Gasteiger partial charge in [-0.2, -0.15) is 0 Å². The highest BCUT2D eigenvalue weighted by Crippen LogP contribution is 2.24. The zero-order valence-electron chi connectivity index (χ0n) is 14.6. The van der Waals surface area contributed by atoms with Gasteiger partial charge in [-0.25, -0.2) is 0 Å². The molecule has 1 atom stereocenters. The Morgan fingerprint density at radius 1 is 1.25 bits per heavy atom. The molecule has 24 heavy (non-hydrogen) atoms. The number of aromatic nitrogens is 3. The quantitative estimate of drug-likeness (QED) is 0.651. The van der Waals surface area contributed by atoms with Gasteiger partial charge in [0.1, 0.15) is 6.33 Å². The van der Waals surface area contributed by atoms with Crippen molar-refractivity contribution in [3.8, 4) is 0 Å². The summed E-state index contributed by atoms with van der Waals surface area (Å²) in [7, 11) is 1.89. The predicted octanol–water partition coefficient (Wildman–Crippen LogP) is 2.21. The molecule has 0 aromatic carbocycles. The van der Waals surface area contributed by atoms with E-state index in [1.54, 1.807) is 6.33 Å². The number of nitrogens with one attached hydrogen (secondary N) is 1. The summed E-state index contributed by atoms with van der Waals surface area (Å²) in [4.78, 5) is 14.9. The highest BCUT2D eigenvalue weighted by molar-refractivity contribution is 7.99. The Balaban J connectivity index is 1.44. The van der Waals surface area contributed by atoms with E-state index in [0.29, 0.717) is 11.8 Å². The number of likely N-dealkylation sites (tertiary alicyclic amines) is 1. The Bertz CT molecular complexity index is 527.